The van der Waals surface area contributed by atoms with Gasteiger partial charge in [-0.05, 0) is 56.2 Å². The minimum atomic E-state index is -3.95. The third-order valence-electron chi connectivity index (χ3n) is 4.78. The van der Waals surface area contributed by atoms with E-state index in [1.54, 1.807) is 50.2 Å². The molecule has 0 atom stereocenters. The van der Waals surface area contributed by atoms with E-state index < -0.39 is 21.6 Å². The van der Waals surface area contributed by atoms with Gasteiger partial charge in [0.1, 0.15) is 5.15 Å². The predicted octanol–water partition coefficient (Wildman–Crippen LogP) is 3.96. The van der Waals surface area contributed by atoms with Gasteiger partial charge in [-0.15, -0.1) is 0 Å². The number of hydrogen-bond acceptors (Lipinski definition) is 6. The first-order valence-corrected chi connectivity index (χ1v) is 11.2. The number of esters is 1. The smallest absolute Gasteiger partial charge is 0.337 e. The van der Waals surface area contributed by atoms with Gasteiger partial charge in [-0.3, -0.25) is 0 Å². The first-order valence-electron chi connectivity index (χ1n) is 9.34. The Morgan fingerprint density at radius 3 is 2.43 bits per heavy atom. The standard InChI is InChI=1S/C21H23ClN2O5S/c1-5-14-6-8-16(9-7-14)30(26,27)24-15(13-29-21(2,3)20(25)28-4)12-17-18(24)10-11-19(22)23-17/h6-12H,5,13H2,1-4H3. The maximum atomic E-state index is 13.5. The van der Waals surface area contributed by atoms with Crippen LogP contribution in [0, 0.1) is 0 Å². The van der Waals surface area contributed by atoms with Crippen molar-refractivity contribution in [3.63, 3.8) is 0 Å². The van der Waals surface area contributed by atoms with Crippen molar-refractivity contribution >= 4 is 38.6 Å². The molecular weight excluding hydrogens is 428 g/mol. The summed E-state index contributed by atoms with van der Waals surface area (Å²) in [6.45, 7) is 4.96. The molecule has 30 heavy (non-hydrogen) atoms. The van der Waals surface area contributed by atoms with E-state index in [1.165, 1.54) is 17.1 Å². The molecule has 0 saturated carbocycles. The van der Waals surface area contributed by atoms with Crippen LogP contribution < -0.4 is 0 Å². The molecule has 0 N–H and O–H groups in total. The molecule has 2 heterocycles. The summed E-state index contributed by atoms with van der Waals surface area (Å²) < 4.78 is 38.6. The summed E-state index contributed by atoms with van der Waals surface area (Å²) >= 11 is 5.99. The van der Waals surface area contributed by atoms with E-state index in [9.17, 15) is 13.2 Å². The topological polar surface area (TPSA) is 87.5 Å². The van der Waals surface area contributed by atoms with E-state index in [0.29, 0.717) is 16.7 Å². The Balaban J connectivity index is 2.11. The third-order valence-corrected chi connectivity index (χ3v) is 6.77. The Kier molecular flexibility index (Phi) is 6.21. The largest absolute Gasteiger partial charge is 0.467 e. The molecule has 160 valence electrons. The lowest BCUT2D eigenvalue weighted by Crippen LogP contribution is -2.36. The highest BCUT2D eigenvalue weighted by Crippen LogP contribution is 2.28. The normalized spacial score (nSPS) is 12.3. The molecule has 0 amide bonds. The van der Waals surface area contributed by atoms with Crippen LogP contribution in [0.2, 0.25) is 5.15 Å². The van der Waals surface area contributed by atoms with E-state index in [1.807, 2.05) is 6.92 Å². The minimum absolute atomic E-state index is 0.139. The summed E-state index contributed by atoms with van der Waals surface area (Å²) in [5, 5.41) is 0.242. The molecule has 2 aromatic heterocycles. The predicted molar refractivity (Wildman–Crippen MR) is 114 cm³/mol. The number of methoxy groups -OCH3 is 1. The molecule has 0 unspecified atom stereocenters. The molecule has 3 rings (SSSR count). The Bertz CT molecular complexity index is 1180. The molecule has 0 aliphatic heterocycles. The number of aromatic nitrogens is 2. The summed E-state index contributed by atoms with van der Waals surface area (Å²) in [6, 6.07) is 11.4. The van der Waals surface area contributed by atoms with Gasteiger partial charge in [-0.2, -0.15) is 0 Å². The van der Waals surface area contributed by atoms with E-state index in [4.69, 9.17) is 21.1 Å². The highest BCUT2D eigenvalue weighted by Gasteiger charge is 2.31. The fourth-order valence-corrected chi connectivity index (χ4v) is 4.71. The van der Waals surface area contributed by atoms with Gasteiger partial charge >= 0.3 is 5.97 Å². The summed E-state index contributed by atoms with van der Waals surface area (Å²) in [5.74, 6) is -0.565. The fourth-order valence-electron chi connectivity index (χ4n) is 3.04. The third kappa shape index (κ3) is 4.21. The first kappa shape index (κ1) is 22.3. The molecule has 3 aromatic rings. The van der Waals surface area contributed by atoms with Crippen LogP contribution in [0.5, 0.6) is 0 Å². The van der Waals surface area contributed by atoms with Crippen molar-refractivity contribution in [2.24, 2.45) is 0 Å². The molecule has 9 heteroatoms. The van der Waals surface area contributed by atoms with Crippen molar-refractivity contribution < 1.29 is 22.7 Å². The molecule has 0 bridgehead atoms. The Labute approximate surface area is 180 Å². The van der Waals surface area contributed by atoms with Crippen molar-refractivity contribution in [3.05, 3.63) is 58.9 Å². The summed E-state index contributed by atoms with van der Waals surface area (Å²) in [4.78, 5) is 16.3. The second kappa shape index (κ2) is 8.37. The zero-order valence-electron chi connectivity index (χ0n) is 17.2. The molecule has 1 aromatic carbocycles. The maximum Gasteiger partial charge on any atom is 0.337 e. The van der Waals surface area contributed by atoms with Crippen LogP contribution >= 0.6 is 11.6 Å². The quantitative estimate of drug-likeness (QED) is 0.400. The number of pyridine rings is 1. The SMILES string of the molecule is CCc1ccc(S(=O)(=O)n2c(COC(C)(C)C(=O)OC)cc3nc(Cl)ccc32)cc1. The van der Waals surface area contributed by atoms with Gasteiger partial charge < -0.3 is 9.47 Å². The molecule has 0 aliphatic carbocycles. The minimum Gasteiger partial charge on any atom is -0.467 e. The average Bonchev–Trinajstić information content (AvgIpc) is 3.09. The van der Waals surface area contributed by atoms with Gasteiger partial charge in [-0.25, -0.2) is 22.2 Å². The number of halogens is 1. The van der Waals surface area contributed by atoms with E-state index in [2.05, 4.69) is 4.98 Å². The zero-order valence-corrected chi connectivity index (χ0v) is 18.7. The van der Waals surface area contributed by atoms with E-state index >= 15 is 0 Å². The maximum absolute atomic E-state index is 13.5. The molecule has 7 nitrogen and oxygen atoms in total. The molecule has 0 fully saturated rings. The Hall–Kier alpha value is -2.42. The highest BCUT2D eigenvalue weighted by molar-refractivity contribution is 7.90. The average molecular weight is 451 g/mol. The molecule has 0 spiro atoms. The Morgan fingerprint density at radius 2 is 1.83 bits per heavy atom. The number of benzene rings is 1. The van der Waals surface area contributed by atoms with Crippen LogP contribution in [-0.4, -0.2) is 36.1 Å². The van der Waals surface area contributed by atoms with Crippen LogP contribution in [0.4, 0.5) is 0 Å². The van der Waals surface area contributed by atoms with Gasteiger partial charge in [-0.1, -0.05) is 30.7 Å². The van der Waals surface area contributed by atoms with Crippen molar-refractivity contribution in [1.29, 1.82) is 0 Å². The molecule has 0 radical (unpaired) electrons. The van der Waals surface area contributed by atoms with Gasteiger partial charge in [0.15, 0.2) is 5.60 Å². The highest BCUT2D eigenvalue weighted by atomic mass is 35.5. The van der Waals surface area contributed by atoms with Gasteiger partial charge in [0, 0.05) is 0 Å². The summed E-state index contributed by atoms with van der Waals surface area (Å²) in [5.41, 5.74) is 0.867. The van der Waals surface area contributed by atoms with Crippen molar-refractivity contribution in [3.8, 4) is 0 Å². The number of carbonyl (C=O) groups excluding carboxylic acids is 1. The lowest BCUT2D eigenvalue weighted by Gasteiger charge is -2.22. The van der Waals surface area contributed by atoms with Gasteiger partial charge in [0.25, 0.3) is 10.0 Å². The number of aryl methyl sites for hydroxylation is 1. The lowest BCUT2D eigenvalue weighted by molar-refractivity contribution is -0.166. The van der Waals surface area contributed by atoms with Crippen molar-refractivity contribution in [2.75, 3.05) is 7.11 Å². The molecule has 0 saturated heterocycles. The van der Waals surface area contributed by atoms with Crippen LogP contribution in [0.15, 0.2) is 47.4 Å². The monoisotopic (exact) mass is 450 g/mol. The van der Waals surface area contributed by atoms with E-state index in [0.717, 1.165) is 12.0 Å². The number of fused-ring (bicyclic) bond motifs is 1. The fraction of sp³-hybridized carbons (Fsp3) is 0.333. The number of ether oxygens (including phenoxy) is 2. The van der Waals surface area contributed by atoms with Crippen LogP contribution in [0.25, 0.3) is 11.0 Å². The summed E-state index contributed by atoms with van der Waals surface area (Å²) in [6.07, 6.45) is 0.802. The van der Waals surface area contributed by atoms with Crippen molar-refractivity contribution in [2.45, 2.75) is 44.3 Å². The Morgan fingerprint density at radius 1 is 1.17 bits per heavy atom. The number of rotatable bonds is 7. The van der Waals surface area contributed by atoms with E-state index in [-0.39, 0.29) is 16.7 Å². The second-order valence-corrected chi connectivity index (χ2v) is 9.41. The van der Waals surface area contributed by atoms with Crippen molar-refractivity contribution in [1.82, 2.24) is 8.96 Å². The zero-order chi connectivity index (χ0) is 22.1. The lowest BCUT2D eigenvalue weighted by atomic mass is 10.1. The van der Waals surface area contributed by atoms with Crippen LogP contribution in [0.1, 0.15) is 32.0 Å². The molecule has 0 aliphatic rings. The van der Waals surface area contributed by atoms with Crippen LogP contribution in [-0.2, 0) is 37.3 Å². The number of hydrogen-bond donors (Lipinski definition) is 0. The van der Waals surface area contributed by atoms with Crippen LogP contribution in [0.3, 0.4) is 0 Å². The summed E-state index contributed by atoms with van der Waals surface area (Å²) in [7, 11) is -2.68. The second-order valence-electron chi connectivity index (χ2n) is 7.23. The first-order chi connectivity index (χ1) is 14.1. The number of carbonyl (C=O) groups is 1. The number of nitrogens with zero attached hydrogens (tertiary/aromatic N) is 2. The molecular formula is C21H23ClN2O5S. The van der Waals surface area contributed by atoms with Gasteiger partial charge in [0.05, 0.1) is 35.3 Å². The van der Waals surface area contributed by atoms with Gasteiger partial charge in [0.2, 0.25) is 0 Å².